The van der Waals surface area contributed by atoms with Gasteiger partial charge in [-0.1, -0.05) is 0 Å². The second-order valence-corrected chi connectivity index (χ2v) is 3.77. The first-order chi connectivity index (χ1) is 7.79. The average molecular weight is 232 g/mol. The number of thiol groups is 1. The maximum Gasteiger partial charge on any atom is 0.145 e. The Morgan fingerprint density at radius 2 is 2.12 bits per heavy atom. The molecule has 82 valence electrons. The summed E-state index contributed by atoms with van der Waals surface area (Å²) in [5.74, 6) is 1.45. The summed E-state index contributed by atoms with van der Waals surface area (Å²) in [5, 5.41) is 0. The van der Waals surface area contributed by atoms with E-state index in [0.29, 0.717) is 12.3 Å². The van der Waals surface area contributed by atoms with Gasteiger partial charge in [0.05, 0.1) is 6.20 Å². The van der Waals surface area contributed by atoms with Crippen molar-refractivity contribution in [2.75, 3.05) is 0 Å². The van der Waals surface area contributed by atoms with Gasteiger partial charge < -0.3 is 10.5 Å². The van der Waals surface area contributed by atoms with Crippen LogP contribution in [0, 0.1) is 0 Å². The normalized spacial score (nSPS) is 10.1. The summed E-state index contributed by atoms with van der Waals surface area (Å²) in [7, 11) is 0. The number of ether oxygens (including phenoxy) is 1. The Bertz CT molecular complexity index is 474. The van der Waals surface area contributed by atoms with E-state index in [4.69, 9.17) is 10.5 Å². The highest BCUT2D eigenvalue weighted by Crippen LogP contribution is 2.24. The molecule has 2 aromatic rings. The van der Waals surface area contributed by atoms with Crippen LogP contribution in [0.3, 0.4) is 0 Å². The SMILES string of the molecule is NCc1cc(Oc2cccnc2)ccc1S. The second kappa shape index (κ2) is 5.01. The minimum Gasteiger partial charge on any atom is -0.456 e. The molecular formula is C12H12N2OS. The fraction of sp³-hybridized carbons (Fsp3) is 0.0833. The van der Waals surface area contributed by atoms with Crippen molar-refractivity contribution in [1.82, 2.24) is 4.98 Å². The van der Waals surface area contributed by atoms with Crippen LogP contribution in [0.25, 0.3) is 0 Å². The lowest BCUT2D eigenvalue weighted by molar-refractivity contribution is 0.479. The third kappa shape index (κ3) is 2.53. The molecular weight excluding hydrogens is 220 g/mol. The Balaban J connectivity index is 2.22. The average Bonchev–Trinajstić information content (AvgIpc) is 2.33. The van der Waals surface area contributed by atoms with E-state index in [9.17, 15) is 0 Å². The van der Waals surface area contributed by atoms with Crippen LogP contribution in [0.2, 0.25) is 0 Å². The van der Waals surface area contributed by atoms with E-state index in [1.807, 2.05) is 30.3 Å². The minimum atomic E-state index is 0.447. The van der Waals surface area contributed by atoms with Gasteiger partial charge in [0.15, 0.2) is 0 Å². The van der Waals surface area contributed by atoms with E-state index in [2.05, 4.69) is 17.6 Å². The summed E-state index contributed by atoms with van der Waals surface area (Å²) in [6.07, 6.45) is 3.37. The molecule has 0 amide bonds. The zero-order valence-corrected chi connectivity index (χ0v) is 9.52. The molecule has 0 saturated heterocycles. The van der Waals surface area contributed by atoms with Gasteiger partial charge in [0, 0.05) is 17.6 Å². The predicted octanol–water partition coefficient (Wildman–Crippen LogP) is 2.62. The summed E-state index contributed by atoms with van der Waals surface area (Å²) in [4.78, 5) is 4.85. The van der Waals surface area contributed by atoms with Crippen molar-refractivity contribution in [2.45, 2.75) is 11.4 Å². The number of aromatic nitrogens is 1. The Morgan fingerprint density at radius 3 is 2.81 bits per heavy atom. The molecule has 1 aromatic heterocycles. The molecule has 0 bridgehead atoms. The monoisotopic (exact) mass is 232 g/mol. The number of hydrogen-bond donors (Lipinski definition) is 2. The van der Waals surface area contributed by atoms with Crippen molar-refractivity contribution >= 4 is 12.6 Å². The second-order valence-electron chi connectivity index (χ2n) is 3.29. The minimum absolute atomic E-state index is 0.447. The van der Waals surface area contributed by atoms with Gasteiger partial charge in [-0.15, -0.1) is 12.6 Å². The van der Waals surface area contributed by atoms with E-state index in [0.717, 1.165) is 16.2 Å². The molecule has 0 radical (unpaired) electrons. The summed E-state index contributed by atoms with van der Waals surface area (Å²) in [6, 6.07) is 9.29. The van der Waals surface area contributed by atoms with Crippen molar-refractivity contribution in [2.24, 2.45) is 5.73 Å². The lowest BCUT2D eigenvalue weighted by Crippen LogP contribution is -1.98. The number of rotatable bonds is 3. The molecule has 0 aliphatic heterocycles. The van der Waals surface area contributed by atoms with E-state index in [1.165, 1.54) is 0 Å². The number of nitrogens with zero attached hydrogens (tertiary/aromatic N) is 1. The van der Waals surface area contributed by atoms with Crippen LogP contribution >= 0.6 is 12.6 Å². The molecule has 0 atom stereocenters. The maximum atomic E-state index is 5.62. The van der Waals surface area contributed by atoms with Crippen LogP contribution in [0.4, 0.5) is 0 Å². The molecule has 2 N–H and O–H groups in total. The lowest BCUT2D eigenvalue weighted by atomic mass is 10.2. The summed E-state index contributed by atoms with van der Waals surface area (Å²) in [6.45, 7) is 0.447. The molecule has 0 aliphatic carbocycles. The molecule has 0 fully saturated rings. The molecule has 2 rings (SSSR count). The number of hydrogen-bond acceptors (Lipinski definition) is 4. The van der Waals surface area contributed by atoms with E-state index in [1.54, 1.807) is 12.4 Å². The van der Waals surface area contributed by atoms with E-state index < -0.39 is 0 Å². The van der Waals surface area contributed by atoms with Crippen LogP contribution in [0.15, 0.2) is 47.6 Å². The standard InChI is InChI=1S/C12H12N2OS/c13-7-9-6-10(3-4-12(9)16)15-11-2-1-5-14-8-11/h1-6,8,16H,7,13H2. The van der Waals surface area contributed by atoms with Gasteiger partial charge in [0.25, 0.3) is 0 Å². The van der Waals surface area contributed by atoms with Gasteiger partial charge >= 0.3 is 0 Å². The van der Waals surface area contributed by atoms with Gasteiger partial charge in [-0.3, -0.25) is 4.98 Å². The van der Waals surface area contributed by atoms with Crippen molar-refractivity contribution in [3.8, 4) is 11.5 Å². The molecule has 3 nitrogen and oxygen atoms in total. The highest BCUT2D eigenvalue weighted by atomic mass is 32.1. The number of nitrogens with two attached hydrogens (primary N) is 1. The van der Waals surface area contributed by atoms with Crippen LogP contribution in [0.1, 0.15) is 5.56 Å². The van der Waals surface area contributed by atoms with Crippen LogP contribution in [-0.4, -0.2) is 4.98 Å². The molecule has 16 heavy (non-hydrogen) atoms. The Labute approximate surface area is 99.7 Å². The highest BCUT2D eigenvalue weighted by molar-refractivity contribution is 7.80. The Hall–Kier alpha value is -1.52. The third-order valence-electron chi connectivity index (χ3n) is 2.14. The van der Waals surface area contributed by atoms with Crippen LogP contribution in [-0.2, 0) is 6.54 Å². The zero-order valence-electron chi connectivity index (χ0n) is 8.63. The first-order valence-corrected chi connectivity index (χ1v) is 5.34. The fourth-order valence-electron chi connectivity index (χ4n) is 1.33. The molecule has 1 heterocycles. The van der Waals surface area contributed by atoms with Gasteiger partial charge in [-0.05, 0) is 35.9 Å². The first-order valence-electron chi connectivity index (χ1n) is 4.89. The highest BCUT2D eigenvalue weighted by Gasteiger charge is 2.01. The predicted molar refractivity (Wildman–Crippen MR) is 65.9 cm³/mol. The van der Waals surface area contributed by atoms with Crippen molar-refractivity contribution in [3.05, 3.63) is 48.3 Å². The molecule has 0 spiro atoms. The summed E-state index contributed by atoms with van der Waals surface area (Å²) >= 11 is 4.30. The molecule has 0 aliphatic rings. The quantitative estimate of drug-likeness (QED) is 0.800. The summed E-state index contributed by atoms with van der Waals surface area (Å²) in [5.41, 5.74) is 6.56. The fourth-order valence-corrected chi connectivity index (χ4v) is 1.56. The van der Waals surface area contributed by atoms with E-state index >= 15 is 0 Å². The molecule has 1 aromatic carbocycles. The van der Waals surface area contributed by atoms with Gasteiger partial charge in [0.1, 0.15) is 11.5 Å². The van der Waals surface area contributed by atoms with Gasteiger partial charge in [-0.25, -0.2) is 0 Å². The maximum absolute atomic E-state index is 5.62. The third-order valence-corrected chi connectivity index (χ3v) is 2.58. The Morgan fingerprint density at radius 1 is 1.25 bits per heavy atom. The van der Waals surface area contributed by atoms with Crippen LogP contribution in [0.5, 0.6) is 11.5 Å². The summed E-state index contributed by atoms with van der Waals surface area (Å²) < 4.78 is 5.62. The van der Waals surface area contributed by atoms with Gasteiger partial charge in [0.2, 0.25) is 0 Å². The largest absolute Gasteiger partial charge is 0.456 e. The van der Waals surface area contributed by atoms with E-state index in [-0.39, 0.29) is 0 Å². The molecule has 0 saturated carbocycles. The first kappa shape index (κ1) is 11.0. The topological polar surface area (TPSA) is 48.1 Å². The number of pyridine rings is 1. The van der Waals surface area contributed by atoms with Crippen molar-refractivity contribution < 1.29 is 4.74 Å². The number of benzene rings is 1. The Kier molecular flexibility index (Phi) is 3.44. The smallest absolute Gasteiger partial charge is 0.145 e. The lowest BCUT2D eigenvalue weighted by Gasteiger charge is -2.08. The molecule has 4 heteroatoms. The zero-order chi connectivity index (χ0) is 11.4. The van der Waals surface area contributed by atoms with Crippen molar-refractivity contribution in [1.29, 1.82) is 0 Å². The van der Waals surface area contributed by atoms with Crippen LogP contribution < -0.4 is 10.5 Å². The molecule has 0 unspecified atom stereocenters. The van der Waals surface area contributed by atoms with Crippen molar-refractivity contribution in [3.63, 3.8) is 0 Å². The van der Waals surface area contributed by atoms with Gasteiger partial charge in [-0.2, -0.15) is 0 Å².